The minimum absolute atomic E-state index is 0. The molecular weight excluding hydrogens is 560 g/mol. The van der Waals surface area contributed by atoms with Crippen LogP contribution in [0.2, 0.25) is 0 Å². The second-order valence-electron chi connectivity index (χ2n) is 11.4. The van der Waals surface area contributed by atoms with Gasteiger partial charge in [0, 0.05) is 24.8 Å². The molecule has 1 atom stereocenters. The molecular formula is C31H47ClN4O4S. The van der Waals surface area contributed by atoms with Crippen LogP contribution >= 0.6 is 12.4 Å². The van der Waals surface area contributed by atoms with Gasteiger partial charge in [0.05, 0.1) is 12.3 Å². The van der Waals surface area contributed by atoms with Gasteiger partial charge < -0.3 is 15.4 Å². The number of hydrogen-bond donors (Lipinski definition) is 3. The third-order valence-electron chi connectivity index (χ3n) is 8.05. The van der Waals surface area contributed by atoms with Crippen molar-refractivity contribution in [2.24, 2.45) is 5.92 Å². The molecule has 10 heteroatoms. The van der Waals surface area contributed by atoms with Crippen molar-refractivity contribution in [3.05, 3.63) is 54.1 Å². The maximum Gasteiger partial charge on any atom is 0.237 e. The van der Waals surface area contributed by atoms with Crippen molar-refractivity contribution < 1.29 is 17.9 Å². The van der Waals surface area contributed by atoms with Crippen LogP contribution < -0.4 is 20.1 Å². The highest BCUT2D eigenvalue weighted by Gasteiger charge is 2.24. The molecule has 2 aliphatic rings. The van der Waals surface area contributed by atoms with E-state index in [0.29, 0.717) is 17.5 Å². The standard InChI is InChI=1S/C31H46N4O4S.ClH/c1-3-30(31(36)32-20-17-24-7-5-4-6-8-24)33-26-18-21-35(22-19-26)23-25-9-13-28(14-10-25)39-29-15-11-27(12-16-29)34-40(2,37)38;/h9-16,24,26,30,33-34H,3-8,17-23H2,1-2H3,(H,32,36);1H. The predicted molar refractivity (Wildman–Crippen MR) is 168 cm³/mol. The Morgan fingerprint density at radius 1 is 0.951 bits per heavy atom. The van der Waals surface area contributed by atoms with Crippen LogP contribution in [-0.4, -0.2) is 57.2 Å². The molecule has 0 aromatic heterocycles. The third kappa shape index (κ3) is 11.5. The molecule has 1 aliphatic carbocycles. The molecule has 4 rings (SSSR count). The molecule has 1 saturated heterocycles. The van der Waals surface area contributed by atoms with Crippen LogP contribution in [0.15, 0.2) is 48.5 Å². The van der Waals surface area contributed by atoms with Crippen LogP contribution in [0.1, 0.15) is 70.3 Å². The number of carbonyl (C=O) groups excluding carboxylic acids is 1. The zero-order valence-electron chi connectivity index (χ0n) is 24.4. The Balaban J connectivity index is 0.00000462. The summed E-state index contributed by atoms with van der Waals surface area (Å²) in [5.74, 6) is 2.33. The summed E-state index contributed by atoms with van der Waals surface area (Å²) in [7, 11) is -3.30. The Hall–Kier alpha value is -2.33. The van der Waals surface area contributed by atoms with Crippen LogP contribution in [-0.2, 0) is 21.4 Å². The highest BCUT2D eigenvalue weighted by molar-refractivity contribution is 7.92. The lowest BCUT2D eigenvalue weighted by molar-refractivity contribution is -0.123. The van der Waals surface area contributed by atoms with E-state index in [4.69, 9.17) is 4.74 Å². The van der Waals surface area contributed by atoms with Gasteiger partial charge in [-0.2, -0.15) is 0 Å². The summed E-state index contributed by atoms with van der Waals surface area (Å²) < 4.78 is 31.1. The number of benzene rings is 2. The first kappa shape index (κ1) is 33.2. The lowest BCUT2D eigenvalue weighted by atomic mass is 9.87. The molecule has 2 aromatic carbocycles. The zero-order chi connectivity index (χ0) is 28.4. The number of anilines is 1. The lowest BCUT2D eigenvalue weighted by Gasteiger charge is -2.34. The van der Waals surface area contributed by atoms with Crippen molar-refractivity contribution in [3.63, 3.8) is 0 Å². The van der Waals surface area contributed by atoms with E-state index >= 15 is 0 Å². The molecule has 2 fully saturated rings. The minimum Gasteiger partial charge on any atom is -0.457 e. The number of halogens is 1. The van der Waals surface area contributed by atoms with E-state index in [2.05, 4.69) is 39.3 Å². The average molecular weight is 607 g/mol. The van der Waals surface area contributed by atoms with Crippen LogP contribution in [0, 0.1) is 5.92 Å². The van der Waals surface area contributed by atoms with Crippen LogP contribution in [0.3, 0.4) is 0 Å². The van der Waals surface area contributed by atoms with E-state index in [1.807, 2.05) is 12.1 Å². The number of ether oxygens (including phenoxy) is 1. The maximum atomic E-state index is 12.8. The van der Waals surface area contributed by atoms with Gasteiger partial charge in [0.25, 0.3) is 0 Å². The van der Waals surface area contributed by atoms with Crippen molar-refractivity contribution in [1.29, 1.82) is 0 Å². The number of nitrogens with zero attached hydrogens (tertiary/aromatic N) is 1. The zero-order valence-corrected chi connectivity index (χ0v) is 26.1. The molecule has 0 bridgehead atoms. The molecule has 1 aliphatic heterocycles. The topological polar surface area (TPSA) is 99.8 Å². The fourth-order valence-corrected chi connectivity index (χ4v) is 6.35. The lowest BCUT2D eigenvalue weighted by Crippen LogP contribution is -2.51. The Bertz CT molecular complexity index is 1160. The molecule has 0 radical (unpaired) electrons. The van der Waals surface area contributed by atoms with Gasteiger partial charge in [-0.3, -0.25) is 14.4 Å². The van der Waals surface area contributed by atoms with Gasteiger partial charge in [-0.15, -0.1) is 12.4 Å². The van der Waals surface area contributed by atoms with Crippen LogP contribution in [0.4, 0.5) is 5.69 Å². The smallest absolute Gasteiger partial charge is 0.237 e. The van der Waals surface area contributed by atoms with E-state index in [9.17, 15) is 13.2 Å². The molecule has 3 N–H and O–H groups in total. The molecule has 1 saturated carbocycles. The average Bonchev–Trinajstić information content (AvgIpc) is 2.94. The molecule has 228 valence electrons. The summed E-state index contributed by atoms with van der Waals surface area (Å²) in [6.07, 6.45) is 11.8. The number of piperidine rings is 1. The van der Waals surface area contributed by atoms with Crippen molar-refractivity contribution in [3.8, 4) is 11.5 Å². The van der Waals surface area contributed by atoms with Crippen molar-refractivity contribution in [2.45, 2.75) is 83.3 Å². The first-order chi connectivity index (χ1) is 19.3. The number of carbonyl (C=O) groups is 1. The number of rotatable bonds is 13. The summed E-state index contributed by atoms with van der Waals surface area (Å²) >= 11 is 0. The summed E-state index contributed by atoms with van der Waals surface area (Å²) in [5.41, 5.74) is 1.73. The highest BCUT2D eigenvalue weighted by atomic mass is 35.5. The maximum absolute atomic E-state index is 12.8. The highest BCUT2D eigenvalue weighted by Crippen LogP contribution is 2.26. The van der Waals surface area contributed by atoms with E-state index < -0.39 is 10.0 Å². The fourth-order valence-electron chi connectivity index (χ4n) is 5.78. The van der Waals surface area contributed by atoms with Gasteiger partial charge >= 0.3 is 0 Å². The number of hydrogen-bond acceptors (Lipinski definition) is 6. The fraction of sp³-hybridized carbons (Fsp3) is 0.581. The Morgan fingerprint density at radius 3 is 2.15 bits per heavy atom. The largest absolute Gasteiger partial charge is 0.457 e. The monoisotopic (exact) mass is 606 g/mol. The number of amides is 1. The minimum atomic E-state index is -3.30. The van der Waals surface area contributed by atoms with Gasteiger partial charge in [-0.25, -0.2) is 8.42 Å². The number of sulfonamides is 1. The molecule has 1 heterocycles. The predicted octanol–water partition coefficient (Wildman–Crippen LogP) is 5.69. The van der Waals surface area contributed by atoms with Gasteiger partial charge in [-0.05, 0) is 86.7 Å². The summed E-state index contributed by atoms with van der Waals surface area (Å²) in [6.45, 7) is 5.79. The van der Waals surface area contributed by atoms with Gasteiger partial charge in [0.2, 0.25) is 15.9 Å². The Kier molecular flexibility index (Phi) is 13.2. The molecule has 0 spiro atoms. The first-order valence-corrected chi connectivity index (χ1v) is 16.8. The van der Waals surface area contributed by atoms with E-state index in [1.54, 1.807) is 24.3 Å². The SMILES string of the molecule is CCC(NC1CCN(Cc2ccc(Oc3ccc(NS(C)(=O)=O)cc3)cc2)CC1)C(=O)NCCC1CCCCC1.Cl. The summed E-state index contributed by atoms with van der Waals surface area (Å²) in [4.78, 5) is 15.2. The van der Waals surface area contributed by atoms with Crippen molar-refractivity contribution in [1.82, 2.24) is 15.5 Å². The first-order valence-electron chi connectivity index (χ1n) is 14.9. The molecule has 41 heavy (non-hydrogen) atoms. The van der Waals surface area contributed by atoms with E-state index in [0.717, 1.165) is 69.8 Å². The van der Waals surface area contributed by atoms with Gasteiger partial charge in [-0.1, -0.05) is 51.2 Å². The second-order valence-corrected chi connectivity index (χ2v) is 13.2. The quantitative estimate of drug-likeness (QED) is 0.271. The van der Waals surface area contributed by atoms with E-state index in [-0.39, 0.29) is 24.4 Å². The molecule has 8 nitrogen and oxygen atoms in total. The van der Waals surface area contributed by atoms with E-state index in [1.165, 1.54) is 37.7 Å². The molecule has 1 unspecified atom stereocenters. The van der Waals surface area contributed by atoms with Crippen molar-refractivity contribution >= 4 is 34.0 Å². The number of nitrogens with one attached hydrogen (secondary N) is 3. The van der Waals surface area contributed by atoms with Crippen molar-refractivity contribution in [2.75, 3.05) is 30.6 Å². The molecule has 2 aromatic rings. The second kappa shape index (κ2) is 16.3. The Morgan fingerprint density at radius 2 is 1.56 bits per heavy atom. The van der Waals surface area contributed by atoms with Gasteiger partial charge in [0.15, 0.2) is 0 Å². The third-order valence-corrected chi connectivity index (χ3v) is 8.66. The summed E-state index contributed by atoms with van der Waals surface area (Å²) in [5, 5.41) is 6.83. The molecule has 1 amide bonds. The number of likely N-dealkylation sites (tertiary alicyclic amines) is 1. The normalized spacial score (nSPS) is 17.8. The Labute approximate surface area is 252 Å². The van der Waals surface area contributed by atoms with Gasteiger partial charge in [0.1, 0.15) is 11.5 Å². The van der Waals surface area contributed by atoms with Crippen LogP contribution in [0.5, 0.6) is 11.5 Å². The summed E-state index contributed by atoms with van der Waals surface area (Å²) in [6, 6.07) is 15.2. The van der Waals surface area contributed by atoms with Crippen LogP contribution in [0.25, 0.3) is 0 Å².